The van der Waals surface area contributed by atoms with Crippen LogP contribution in [-0.4, -0.2) is 10.4 Å². The molecular formula is C18H26ClN. The van der Waals surface area contributed by atoms with Crippen LogP contribution in [0.5, 0.6) is 0 Å². The predicted octanol–water partition coefficient (Wildman–Crippen LogP) is 5.18. The van der Waals surface area contributed by atoms with Crippen LogP contribution >= 0.6 is 11.6 Å². The maximum atomic E-state index is 6.75. The van der Waals surface area contributed by atoms with Crippen molar-refractivity contribution in [1.29, 1.82) is 0 Å². The van der Waals surface area contributed by atoms with E-state index in [0.717, 1.165) is 5.92 Å². The van der Waals surface area contributed by atoms with E-state index in [1.165, 1.54) is 43.4 Å². The Bertz CT molecular complexity index is 482. The van der Waals surface area contributed by atoms with Gasteiger partial charge in [0.25, 0.3) is 0 Å². The SMILES string of the molecule is CC1CCC(C(C)(C)C2CCc3cccnc32)C(Cl)C1. The quantitative estimate of drug-likeness (QED) is 0.684. The van der Waals surface area contributed by atoms with Gasteiger partial charge < -0.3 is 0 Å². The number of pyridine rings is 1. The highest BCUT2D eigenvalue weighted by atomic mass is 35.5. The summed E-state index contributed by atoms with van der Waals surface area (Å²) in [4.78, 5) is 4.70. The minimum atomic E-state index is 0.256. The van der Waals surface area contributed by atoms with Crippen LogP contribution in [0.1, 0.15) is 63.6 Å². The number of halogens is 1. The molecule has 1 aromatic heterocycles. The molecule has 1 aromatic rings. The van der Waals surface area contributed by atoms with Crippen LogP contribution in [-0.2, 0) is 6.42 Å². The van der Waals surface area contributed by atoms with Crippen molar-refractivity contribution in [3.63, 3.8) is 0 Å². The van der Waals surface area contributed by atoms with Crippen LogP contribution in [0, 0.1) is 17.3 Å². The molecule has 2 heteroatoms. The van der Waals surface area contributed by atoms with Crippen molar-refractivity contribution < 1.29 is 0 Å². The van der Waals surface area contributed by atoms with Gasteiger partial charge in [0, 0.05) is 23.2 Å². The van der Waals surface area contributed by atoms with Crippen LogP contribution in [0.3, 0.4) is 0 Å². The Morgan fingerprint density at radius 2 is 2.05 bits per heavy atom. The Kier molecular flexibility index (Phi) is 3.83. The fourth-order valence-corrected chi connectivity index (χ4v) is 5.30. The summed E-state index contributed by atoms with van der Waals surface area (Å²) in [6.07, 6.45) is 8.17. The lowest BCUT2D eigenvalue weighted by molar-refractivity contribution is 0.109. The van der Waals surface area contributed by atoms with Crippen molar-refractivity contribution in [2.45, 2.75) is 64.2 Å². The lowest BCUT2D eigenvalue weighted by Gasteiger charge is -2.45. The highest BCUT2D eigenvalue weighted by Gasteiger charge is 2.45. The molecular weight excluding hydrogens is 266 g/mol. The molecule has 20 heavy (non-hydrogen) atoms. The number of alkyl halides is 1. The third kappa shape index (κ3) is 2.39. The van der Waals surface area contributed by atoms with E-state index in [0.29, 0.717) is 17.2 Å². The van der Waals surface area contributed by atoms with Gasteiger partial charge in [-0.05, 0) is 54.6 Å². The zero-order valence-corrected chi connectivity index (χ0v) is 13.7. The largest absolute Gasteiger partial charge is 0.261 e. The normalized spacial score (nSPS) is 34.0. The van der Waals surface area contributed by atoms with Gasteiger partial charge in [-0.2, -0.15) is 0 Å². The molecule has 110 valence electrons. The van der Waals surface area contributed by atoms with Gasteiger partial charge in [0.15, 0.2) is 0 Å². The van der Waals surface area contributed by atoms with Crippen LogP contribution in [0.25, 0.3) is 0 Å². The van der Waals surface area contributed by atoms with Crippen LogP contribution in [0.4, 0.5) is 0 Å². The van der Waals surface area contributed by atoms with Gasteiger partial charge in [-0.25, -0.2) is 0 Å². The number of aryl methyl sites for hydroxylation is 1. The lowest BCUT2D eigenvalue weighted by atomic mass is 9.62. The molecule has 0 aliphatic heterocycles. The summed E-state index contributed by atoms with van der Waals surface area (Å²) in [6, 6.07) is 4.32. The second kappa shape index (κ2) is 5.33. The number of fused-ring (bicyclic) bond motifs is 1. The lowest BCUT2D eigenvalue weighted by Crippen LogP contribution is -2.39. The van der Waals surface area contributed by atoms with Crippen LogP contribution < -0.4 is 0 Å². The molecule has 0 amide bonds. The van der Waals surface area contributed by atoms with Gasteiger partial charge in [-0.3, -0.25) is 4.98 Å². The molecule has 1 heterocycles. The number of hydrogen-bond acceptors (Lipinski definition) is 1. The topological polar surface area (TPSA) is 12.9 Å². The van der Waals surface area contributed by atoms with E-state index in [-0.39, 0.29) is 5.41 Å². The molecule has 1 nitrogen and oxygen atoms in total. The van der Waals surface area contributed by atoms with Crippen molar-refractivity contribution in [3.8, 4) is 0 Å². The number of rotatable bonds is 2. The molecule has 1 fully saturated rings. The Hall–Kier alpha value is -0.560. The Morgan fingerprint density at radius 3 is 2.80 bits per heavy atom. The molecule has 0 saturated heterocycles. The monoisotopic (exact) mass is 291 g/mol. The highest BCUT2D eigenvalue weighted by Crippen LogP contribution is 2.53. The number of nitrogens with zero attached hydrogens (tertiary/aromatic N) is 1. The van der Waals surface area contributed by atoms with Gasteiger partial charge in [0.2, 0.25) is 0 Å². The standard InChI is InChI=1S/C18H26ClN/c1-12-6-8-14(16(19)11-12)18(2,3)15-9-7-13-5-4-10-20-17(13)15/h4-5,10,12,14-16H,6-9,11H2,1-3H3. The molecule has 0 N–H and O–H groups in total. The van der Waals surface area contributed by atoms with Gasteiger partial charge in [0.05, 0.1) is 0 Å². The maximum absolute atomic E-state index is 6.75. The highest BCUT2D eigenvalue weighted by molar-refractivity contribution is 6.20. The van der Waals surface area contributed by atoms with E-state index in [2.05, 4.69) is 32.9 Å². The van der Waals surface area contributed by atoms with Crippen molar-refractivity contribution in [2.24, 2.45) is 17.3 Å². The number of hydrogen-bond donors (Lipinski definition) is 0. The first-order chi connectivity index (χ1) is 9.50. The van der Waals surface area contributed by atoms with E-state index >= 15 is 0 Å². The predicted molar refractivity (Wildman–Crippen MR) is 85.2 cm³/mol. The summed E-state index contributed by atoms with van der Waals surface area (Å²) < 4.78 is 0. The molecule has 1 saturated carbocycles. The Morgan fingerprint density at radius 1 is 1.25 bits per heavy atom. The first-order valence-corrected chi connectivity index (χ1v) is 8.51. The summed E-state index contributed by atoms with van der Waals surface area (Å²) >= 11 is 6.75. The summed E-state index contributed by atoms with van der Waals surface area (Å²) in [6.45, 7) is 7.19. The molecule has 0 bridgehead atoms. The summed E-state index contributed by atoms with van der Waals surface area (Å²) in [7, 11) is 0. The van der Waals surface area contributed by atoms with E-state index in [1.54, 1.807) is 0 Å². The van der Waals surface area contributed by atoms with E-state index in [4.69, 9.17) is 16.6 Å². The first kappa shape index (κ1) is 14.4. The third-order valence-electron chi connectivity index (χ3n) is 5.85. The summed E-state index contributed by atoms with van der Waals surface area (Å²) in [5.74, 6) is 2.00. The van der Waals surface area contributed by atoms with E-state index in [9.17, 15) is 0 Å². The van der Waals surface area contributed by atoms with E-state index < -0.39 is 0 Å². The Balaban J connectivity index is 1.86. The molecule has 3 rings (SSSR count). The van der Waals surface area contributed by atoms with Crippen molar-refractivity contribution in [2.75, 3.05) is 0 Å². The molecule has 4 unspecified atom stereocenters. The molecule has 0 radical (unpaired) electrons. The molecule has 2 aliphatic carbocycles. The first-order valence-electron chi connectivity index (χ1n) is 8.08. The van der Waals surface area contributed by atoms with Crippen molar-refractivity contribution >= 4 is 11.6 Å². The fraction of sp³-hybridized carbons (Fsp3) is 0.722. The molecule has 0 spiro atoms. The fourth-order valence-electron chi connectivity index (χ4n) is 4.54. The second-order valence-corrected chi connectivity index (χ2v) is 8.06. The van der Waals surface area contributed by atoms with Gasteiger partial charge in [0.1, 0.15) is 0 Å². The summed E-state index contributed by atoms with van der Waals surface area (Å²) in [5, 5.41) is 0.335. The Labute approximate surface area is 128 Å². The zero-order chi connectivity index (χ0) is 14.3. The van der Waals surface area contributed by atoms with Gasteiger partial charge >= 0.3 is 0 Å². The smallest absolute Gasteiger partial charge is 0.0471 e. The molecule has 0 aromatic carbocycles. The van der Waals surface area contributed by atoms with Crippen molar-refractivity contribution in [3.05, 3.63) is 29.6 Å². The van der Waals surface area contributed by atoms with Crippen molar-refractivity contribution in [1.82, 2.24) is 4.98 Å². The van der Waals surface area contributed by atoms with E-state index in [1.807, 2.05) is 6.20 Å². The minimum absolute atomic E-state index is 0.256. The molecule has 4 atom stereocenters. The van der Waals surface area contributed by atoms with Gasteiger partial charge in [-0.15, -0.1) is 11.6 Å². The van der Waals surface area contributed by atoms with Gasteiger partial charge in [-0.1, -0.05) is 33.3 Å². The third-order valence-corrected chi connectivity index (χ3v) is 6.33. The van der Waals surface area contributed by atoms with Crippen LogP contribution in [0.15, 0.2) is 18.3 Å². The minimum Gasteiger partial charge on any atom is -0.261 e. The zero-order valence-electron chi connectivity index (χ0n) is 12.9. The molecule has 2 aliphatic rings. The average molecular weight is 292 g/mol. The second-order valence-electron chi connectivity index (χ2n) is 7.50. The maximum Gasteiger partial charge on any atom is 0.0471 e. The van der Waals surface area contributed by atoms with Crippen LogP contribution in [0.2, 0.25) is 0 Å². The number of aromatic nitrogens is 1. The summed E-state index contributed by atoms with van der Waals surface area (Å²) in [5.41, 5.74) is 3.06. The average Bonchev–Trinajstić information content (AvgIpc) is 2.82.